The van der Waals surface area contributed by atoms with E-state index in [-0.39, 0.29) is 5.91 Å². The second-order valence-corrected chi connectivity index (χ2v) is 7.82. The molecule has 1 saturated carbocycles. The lowest BCUT2D eigenvalue weighted by Crippen LogP contribution is -2.28. The summed E-state index contributed by atoms with van der Waals surface area (Å²) in [5.41, 5.74) is 5.00. The largest absolute Gasteiger partial charge is 0.334 e. The van der Waals surface area contributed by atoms with Gasteiger partial charge in [-0.25, -0.2) is 0 Å². The van der Waals surface area contributed by atoms with Gasteiger partial charge in [0.05, 0.1) is 0 Å². The molecule has 0 spiro atoms. The van der Waals surface area contributed by atoms with Gasteiger partial charge in [-0.05, 0) is 81.5 Å². The average Bonchev–Trinajstić information content (AvgIpc) is 3.31. The van der Waals surface area contributed by atoms with Crippen molar-refractivity contribution in [3.63, 3.8) is 0 Å². The number of amides is 1. The number of nitrogens with zero attached hydrogens (tertiary/aromatic N) is 1. The fourth-order valence-electron chi connectivity index (χ4n) is 4.29. The summed E-state index contributed by atoms with van der Waals surface area (Å²) in [6.45, 7) is 6.27. The molecular weight excluding hydrogens is 284 g/mol. The summed E-state index contributed by atoms with van der Waals surface area (Å²) < 4.78 is 0. The second-order valence-electron chi connectivity index (χ2n) is 7.82. The van der Waals surface area contributed by atoms with Crippen molar-refractivity contribution in [3.05, 3.63) is 34.4 Å². The summed E-state index contributed by atoms with van der Waals surface area (Å²) in [6.07, 6.45) is 12.1. The number of fused-ring (bicyclic) bond motifs is 1. The second kappa shape index (κ2) is 6.27. The van der Waals surface area contributed by atoms with E-state index in [2.05, 4.69) is 29.3 Å². The summed E-state index contributed by atoms with van der Waals surface area (Å²) in [6, 6.07) is 0. The van der Waals surface area contributed by atoms with E-state index in [1.54, 1.807) is 0 Å². The molecule has 3 fully saturated rings. The van der Waals surface area contributed by atoms with Gasteiger partial charge in [-0.3, -0.25) is 4.79 Å². The zero-order chi connectivity index (χ0) is 15.8. The fraction of sp³-hybridized carbons (Fsp3) is 0.650. The van der Waals surface area contributed by atoms with Gasteiger partial charge in [0.2, 0.25) is 0 Å². The van der Waals surface area contributed by atoms with Gasteiger partial charge in [0.25, 0.3) is 5.91 Å². The number of piperidine rings is 1. The van der Waals surface area contributed by atoms with Crippen molar-refractivity contribution >= 4 is 5.91 Å². The van der Waals surface area contributed by atoms with Crippen molar-refractivity contribution in [2.24, 2.45) is 11.8 Å². The quantitative estimate of drug-likeness (QED) is 0.864. The molecule has 0 aromatic carbocycles. The first-order chi connectivity index (χ1) is 11.2. The molecule has 4 rings (SSSR count). The Balaban J connectivity index is 1.50. The smallest absolute Gasteiger partial charge is 0.254 e. The van der Waals surface area contributed by atoms with Crippen LogP contribution in [0.5, 0.6) is 0 Å². The maximum atomic E-state index is 12.8. The molecule has 0 atom stereocenters. The number of likely N-dealkylation sites (tertiary alicyclic amines) is 1. The molecule has 2 saturated heterocycles. The van der Waals surface area contributed by atoms with E-state index < -0.39 is 0 Å². The number of carbonyl (C=O) groups is 1. The van der Waals surface area contributed by atoms with E-state index in [4.69, 9.17) is 0 Å². The standard InChI is InChI=1S/C20H28N2O/c1-14-10-17(11-15-6-8-21-9-7-15)4-5-18-13-22(12-16-2-3-16)20(23)19(14)18/h5,10,15-16,21H,2-4,6-9,11-13H2,1H3. The van der Waals surface area contributed by atoms with Crippen LogP contribution in [-0.2, 0) is 4.79 Å². The molecule has 0 aromatic rings. The Morgan fingerprint density at radius 3 is 2.70 bits per heavy atom. The van der Waals surface area contributed by atoms with Crippen molar-refractivity contribution in [3.8, 4) is 0 Å². The average molecular weight is 312 g/mol. The Hall–Kier alpha value is -1.35. The lowest BCUT2D eigenvalue weighted by molar-refractivity contribution is -0.125. The molecule has 124 valence electrons. The number of hydrogen-bond donors (Lipinski definition) is 1. The van der Waals surface area contributed by atoms with Gasteiger partial charge < -0.3 is 10.2 Å². The highest BCUT2D eigenvalue weighted by Gasteiger charge is 2.35. The Morgan fingerprint density at radius 2 is 1.96 bits per heavy atom. The summed E-state index contributed by atoms with van der Waals surface area (Å²) in [7, 11) is 0. The molecule has 1 N–H and O–H groups in total. The molecule has 0 radical (unpaired) electrons. The van der Waals surface area contributed by atoms with Gasteiger partial charge in [0, 0.05) is 18.7 Å². The van der Waals surface area contributed by atoms with Crippen LogP contribution in [-0.4, -0.2) is 37.0 Å². The van der Waals surface area contributed by atoms with Crippen LogP contribution in [0.4, 0.5) is 0 Å². The maximum Gasteiger partial charge on any atom is 0.254 e. The van der Waals surface area contributed by atoms with Crippen LogP contribution in [0, 0.1) is 11.8 Å². The predicted octanol–water partition coefficient (Wildman–Crippen LogP) is 3.20. The SMILES string of the molecule is CC1=C2C(=O)N(CC3CC3)CC2=CCC(CC2CCNCC2)=C1. The molecular formula is C20H28N2O. The zero-order valence-electron chi connectivity index (χ0n) is 14.2. The first-order valence-electron chi connectivity index (χ1n) is 9.30. The highest BCUT2D eigenvalue weighted by molar-refractivity contribution is 6.02. The monoisotopic (exact) mass is 312 g/mol. The first kappa shape index (κ1) is 15.2. The van der Waals surface area contributed by atoms with E-state index in [1.807, 2.05) is 0 Å². The molecule has 23 heavy (non-hydrogen) atoms. The number of nitrogens with one attached hydrogen (secondary N) is 1. The van der Waals surface area contributed by atoms with Crippen LogP contribution in [0.15, 0.2) is 34.4 Å². The minimum absolute atomic E-state index is 0.278. The normalized spacial score (nSPS) is 26.1. The third kappa shape index (κ3) is 3.30. The van der Waals surface area contributed by atoms with Crippen LogP contribution >= 0.6 is 0 Å². The van der Waals surface area contributed by atoms with Crippen LogP contribution in [0.25, 0.3) is 0 Å². The van der Waals surface area contributed by atoms with E-state index in [9.17, 15) is 4.79 Å². The molecule has 3 nitrogen and oxygen atoms in total. The van der Waals surface area contributed by atoms with Crippen molar-refractivity contribution in [1.29, 1.82) is 0 Å². The lowest BCUT2D eigenvalue weighted by Gasteiger charge is -2.23. The number of allylic oxidation sites excluding steroid dienone is 4. The van der Waals surface area contributed by atoms with Crippen LogP contribution < -0.4 is 5.32 Å². The third-order valence-electron chi connectivity index (χ3n) is 5.79. The zero-order valence-corrected chi connectivity index (χ0v) is 14.2. The topological polar surface area (TPSA) is 32.3 Å². The third-order valence-corrected chi connectivity index (χ3v) is 5.79. The van der Waals surface area contributed by atoms with Gasteiger partial charge in [-0.2, -0.15) is 0 Å². The fourth-order valence-corrected chi connectivity index (χ4v) is 4.29. The molecule has 1 amide bonds. The van der Waals surface area contributed by atoms with Crippen LogP contribution in [0.3, 0.4) is 0 Å². The summed E-state index contributed by atoms with van der Waals surface area (Å²) in [4.78, 5) is 14.8. The van der Waals surface area contributed by atoms with Crippen molar-refractivity contribution < 1.29 is 4.79 Å². The molecule has 3 heteroatoms. The van der Waals surface area contributed by atoms with E-state index in [0.29, 0.717) is 0 Å². The number of carbonyl (C=O) groups excluding carboxylic acids is 1. The minimum atomic E-state index is 0.278. The Morgan fingerprint density at radius 1 is 1.17 bits per heavy atom. The van der Waals surface area contributed by atoms with Crippen molar-refractivity contribution in [1.82, 2.24) is 10.2 Å². The van der Waals surface area contributed by atoms with Gasteiger partial charge in [0.15, 0.2) is 0 Å². The molecule has 2 heterocycles. The van der Waals surface area contributed by atoms with Crippen LogP contribution in [0.2, 0.25) is 0 Å². The number of rotatable bonds is 4. The first-order valence-corrected chi connectivity index (χ1v) is 9.30. The highest BCUT2D eigenvalue weighted by Crippen LogP contribution is 2.36. The summed E-state index contributed by atoms with van der Waals surface area (Å²) in [5, 5.41) is 3.45. The lowest BCUT2D eigenvalue weighted by atomic mass is 9.89. The minimum Gasteiger partial charge on any atom is -0.334 e. The van der Waals surface area contributed by atoms with E-state index in [1.165, 1.54) is 48.8 Å². The molecule has 0 bridgehead atoms. The summed E-state index contributed by atoms with van der Waals surface area (Å²) >= 11 is 0. The van der Waals surface area contributed by atoms with Gasteiger partial charge in [-0.1, -0.05) is 17.7 Å². The molecule has 0 aromatic heterocycles. The van der Waals surface area contributed by atoms with Gasteiger partial charge in [0.1, 0.15) is 0 Å². The Bertz CT molecular complexity index is 589. The number of hydrogen-bond acceptors (Lipinski definition) is 2. The van der Waals surface area contributed by atoms with E-state index >= 15 is 0 Å². The maximum absolute atomic E-state index is 12.8. The highest BCUT2D eigenvalue weighted by atomic mass is 16.2. The molecule has 2 aliphatic heterocycles. The van der Waals surface area contributed by atoms with Gasteiger partial charge in [-0.15, -0.1) is 0 Å². The van der Waals surface area contributed by atoms with Crippen molar-refractivity contribution in [2.75, 3.05) is 26.2 Å². The molecule has 0 unspecified atom stereocenters. The predicted molar refractivity (Wildman–Crippen MR) is 93.0 cm³/mol. The Labute approximate surface area is 139 Å². The van der Waals surface area contributed by atoms with Crippen LogP contribution in [0.1, 0.15) is 45.4 Å². The molecule has 2 aliphatic carbocycles. The Kier molecular flexibility index (Phi) is 4.14. The summed E-state index contributed by atoms with van der Waals surface area (Å²) in [5.74, 6) is 1.87. The van der Waals surface area contributed by atoms with E-state index in [0.717, 1.165) is 50.0 Å². The van der Waals surface area contributed by atoms with Gasteiger partial charge >= 0.3 is 0 Å². The molecule has 4 aliphatic rings. The van der Waals surface area contributed by atoms with Crippen molar-refractivity contribution in [2.45, 2.75) is 45.4 Å².